The predicted octanol–water partition coefficient (Wildman–Crippen LogP) is 2.16. The Bertz CT molecular complexity index is 34.5. The molecule has 0 aromatic carbocycles. The molecule has 0 aliphatic heterocycles. The van der Waals surface area contributed by atoms with Crippen molar-refractivity contribution in [3.63, 3.8) is 0 Å². The van der Waals surface area contributed by atoms with Gasteiger partial charge in [0.2, 0.25) is 0 Å². The van der Waals surface area contributed by atoms with Gasteiger partial charge in [-0.2, -0.15) is 6.92 Å². The zero-order valence-electron chi connectivity index (χ0n) is 7.45. The van der Waals surface area contributed by atoms with Gasteiger partial charge in [-0.25, -0.2) is 0 Å². The molecule has 5 heteroatoms. The standard InChI is InChI=1S/C5H10.CH5P.V.W.2Y/c1-4-5(2)3;1-2;;;;/h4-5H,2H2,1,3H3;2H2,1H3;;;;/q-2;;;;;. The van der Waals surface area contributed by atoms with Crippen molar-refractivity contribution in [1.29, 1.82) is 0 Å². The maximum absolute atomic E-state index is 3.70. The summed E-state index contributed by atoms with van der Waals surface area (Å²) in [7, 11) is 2.42. The van der Waals surface area contributed by atoms with Gasteiger partial charge in [-0.1, -0.05) is 6.66 Å². The molecule has 0 bridgehead atoms. The molecule has 2 unspecified atom stereocenters. The van der Waals surface area contributed by atoms with Gasteiger partial charge in [0.1, 0.15) is 0 Å². The first-order chi connectivity index (χ1) is 3.27. The van der Waals surface area contributed by atoms with Crippen molar-refractivity contribution in [2.45, 2.75) is 13.8 Å². The summed E-state index contributed by atoms with van der Waals surface area (Å²) in [6.45, 7) is 9.69. The van der Waals surface area contributed by atoms with Crippen molar-refractivity contribution in [1.82, 2.24) is 0 Å². The van der Waals surface area contributed by atoms with Gasteiger partial charge in [0.05, 0.1) is 0 Å². The van der Waals surface area contributed by atoms with Gasteiger partial charge in [0, 0.05) is 105 Å². The summed E-state index contributed by atoms with van der Waals surface area (Å²) in [5, 5.41) is 0. The minimum absolute atomic E-state index is 0. The van der Waals surface area contributed by atoms with Crippen LogP contribution in [-0.4, -0.2) is 6.66 Å². The summed E-state index contributed by atoms with van der Waals surface area (Å²) < 4.78 is 0. The topological polar surface area (TPSA) is 0 Å². The summed E-state index contributed by atoms with van der Waals surface area (Å²) in [5.41, 5.74) is 0. The third kappa shape index (κ3) is 56.5. The molecule has 0 amide bonds. The van der Waals surface area contributed by atoms with Crippen LogP contribution in [0.5, 0.6) is 0 Å². The molecule has 2 atom stereocenters. The molecule has 0 aromatic heterocycles. The van der Waals surface area contributed by atoms with E-state index in [1.165, 1.54) is 0 Å². The van der Waals surface area contributed by atoms with Crippen LogP contribution in [0.1, 0.15) is 13.8 Å². The van der Waals surface area contributed by atoms with Crippen LogP contribution in [0, 0.1) is 19.3 Å². The molecule has 0 aromatic rings. The molecule has 0 nitrogen and oxygen atoms in total. The van der Waals surface area contributed by atoms with Crippen LogP contribution in [0.2, 0.25) is 0 Å². The molecule has 0 saturated heterocycles. The van der Waals surface area contributed by atoms with Crippen LogP contribution < -0.4 is 0 Å². The fourth-order valence-electron chi connectivity index (χ4n) is 0. The molecule has 0 saturated carbocycles. The van der Waals surface area contributed by atoms with Gasteiger partial charge in [-0.3, -0.25) is 0 Å². The molecule has 0 rings (SSSR count). The van der Waals surface area contributed by atoms with Gasteiger partial charge >= 0.3 is 0 Å². The monoisotopic (exact) mass is 531 g/mol. The zero-order chi connectivity index (χ0) is 6.28. The van der Waals surface area contributed by atoms with E-state index in [1.54, 1.807) is 0 Å². The molecule has 3 radical (unpaired) electrons. The minimum atomic E-state index is 0. The Morgan fingerprint density at radius 1 is 1.27 bits per heavy atom. The quantitative estimate of drug-likeness (QED) is 0.360. The van der Waals surface area contributed by atoms with E-state index in [0.717, 1.165) is 0 Å². The Balaban J connectivity index is -0.00000000972. The van der Waals surface area contributed by atoms with Gasteiger partial charge in [-0.15, -0.1) is 16.2 Å². The first-order valence-corrected chi connectivity index (χ1v) is 3.63. The third-order valence-electron chi connectivity index (χ3n) is 0.569. The third-order valence-corrected chi connectivity index (χ3v) is 0.569. The number of hydrogen-bond acceptors (Lipinski definition) is 0. The van der Waals surface area contributed by atoms with Gasteiger partial charge in [-0.05, 0) is 0 Å². The Morgan fingerprint density at radius 2 is 1.36 bits per heavy atom. The van der Waals surface area contributed by atoms with Crippen LogP contribution in [0.4, 0.5) is 0 Å². The average Bonchev–Trinajstić information content (AvgIpc) is 1.73. The second-order valence-corrected chi connectivity index (χ2v) is 1.31. The SMILES string of the molecule is CP.[CH2-]C(C)[CH-]C.[V].[W].[Y].[Y]. The maximum Gasteiger partial charge on any atom is 0 e. The van der Waals surface area contributed by atoms with Crippen LogP contribution in [0.3, 0.4) is 0 Å². The van der Waals surface area contributed by atoms with E-state index < -0.39 is 0 Å². The molecule has 0 heterocycles. The van der Waals surface area contributed by atoms with E-state index >= 15 is 0 Å². The minimum Gasteiger partial charge on any atom is -0.370 e. The van der Waals surface area contributed by atoms with Crippen LogP contribution in [-0.2, 0) is 105 Å². The molecule has 0 aliphatic rings. The Labute approximate surface area is 151 Å². The first kappa shape index (κ1) is 36.3. The van der Waals surface area contributed by atoms with Crippen LogP contribution >= 0.6 is 9.24 Å². The van der Waals surface area contributed by atoms with Gasteiger partial charge in [0.25, 0.3) is 0 Å². The Morgan fingerprint density at radius 3 is 1.36 bits per heavy atom. The molecule has 63 valence electrons. The molecule has 0 N–H and O–H groups in total. The Kier molecular flexibility index (Phi) is 122. The maximum atomic E-state index is 3.70. The summed E-state index contributed by atoms with van der Waals surface area (Å²) >= 11 is 0. The Hall–Kier alpha value is 3.91. The van der Waals surface area contributed by atoms with E-state index in [1.807, 2.05) is 13.6 Å². The van der Waals surface area contributed by atoms with E-state index in [2.05, 4.69) is 29.5 Å². The van der Waals surface area contributed by atoms with Gasteiger partial charge in [0.15, 0.2) is 0 Å². The number of rotatable bonds is 1. The van der Waals surface area contributed by atoms with E-state index in [-0.39, 0.29) is 105 Å². The number of hydrogen-bond donors (Lipinski definition) is 0. The molecule has 11 heavy (non-hydrogen) atoms. The van der Waals surface area contributed by atoms with E-state index in [9.17, 15) is 0 Å². The fourth-order valence-corrected chi connectivity index (χ4v) is 0. The second-order valence-electron chi connectivity index (χ2n) is 1.31. The predicted molar refractivity (Wildman–Crippen MR) is 40.1 cm³/mol. The van der Waals surface area contributed by atoms with Crippen molar-refractivity contribution < 1.29 is 105 Å². The summed E-state index contributed by atoms with van der Waals surface area (Å²) in [6.07, 6.45) is 2.06. The van der Waals surface area contributed by atoms with Crippen LogP contribution in [0.15, 0.2) is 0 Å². The fraction of sp³-hybridized carbons (Fsp3) is 0.667. The zero-order valence-corrected chi connectivity index (χ0v) is 18.6. The first-order valence-electron chi connectivity index (χ1n) is 2.47. The summed E-state index contributed by atoms with van der Waals surface area (Å²) in [5.74, 6) is 0.509. The molecular weight excluding hydrogens is 516 g/mol. The van der Waals surface area contributed by atoms with Crippen molar-refractivity contribution in [3.8, 4) is 0 Å². The second kappa shape index (κ2) is 37.1. The van der Waals surface area contributed by atoms with Crippen molar-refractivity contribution >= 4 is 9.24 Å². The largest absolute Gasteiger partial charge is 0.370 e. The van der Waals surface area contributed by atoms with Crippen LogP contribution in [0.25, 0.3) is 0 Å². The molecular formula is C6H15PVWY2-2. The van der Waals surface area contributed by atoms with Crippen molar-refractivity contribution in [3.05, 3.63) is 13.3 Å². The summed E-state index contributed by atoms with van der Waals surface area (Å²) in [4.78, 5) is 0. The smallest absolute Gasteiger partial charge is 0 e. The normalized spacial score (nSPS) is 7.36. The molecule has 0 fully saturated rings. The van der Waals surface area contributed by atoms with Gasteiger partial charge < -0.3 is 19.3 Å². The average molecular weight is 531 g/mol. The summed E-state index contributed by atoms with van der Waals surface area (Å²) in [6, 6.07) is 0. The molecule has 0 aliphatic carbocycles. The van der Waals surface area contributed by atoms with E-state index in [4.69, 9.17) is 0 Å². The van der Waals surface area contributed by atoms with E-state index in [0.29, 0.717) is 5.92 Å². The van der Waals surface area contributed by atoms with Crippen molar-refractivity contribution in [2.24, 2.45) is 5.92 Å². The molecule has 0 spiro atoms. The van der Waals surface area contributed by atoms with Crippen molar-refractivity contribution in [2.75, 3.05) is 6.66 Å².